The van der Waals surface area contributed by atoms with Gasteiger partial charge in [0.25, 0.3) is 23.6 Å². The van der Waals surface area contributed by atoms with Crippen LogP contribution in [0.5, 0.6) is 46.0 Å². The van der Waals surface area contributed by atoms with Crippen molar-refractivity contribution < 1.29 is 38.1 Å². The number of ether oxygens (including phenoxy) is 4. The van der Waals surface area contributed by atoms with Gasteiger partial charge in [-0.2, -0.15) is 0 Å². The molecule has 0 bridgehead atoms. The summed E-state index contributed by atoms with van der Waals surface area (Å²) in [4.78, 5) is 70.4. The van der Waals surface area contributed by atoms with Crippen molar-refractivity contribution in [3.63, 3.8) is 0 Å². The number of hydrogen-bond donors (Lipinski definition) is 8. The topological polar surface area (TPSA) is 320 Å². The maximum atomic E-state index is 16.9. The van der Waals surface area contributed by atoms with Gasteiger partial charge in [-0.3, -0.25) is 19.2 Å². The monoisotopic (exact) mass is 2020 g/mol. The molecule has 18 nitrogen and oxygen atoms in total. The molecule has 0 radical (unpaired) electrons. The molecule has 13 rings (SSSR count). The van der Waals surface area contributed by atoms with E-state index in [9.17, 15) is 0 Å². The molecule has 16 N–H and O–H groups in total. The zero-order chi connectivity index (χ0) is 83.6. The third kappa shape index (κ3) is 24.0. The number of carbonyl (C=O) groups is 4. The Morgan fingerprint density at radius 1 is 0.254 bits per heavy atom. The Morgan fingerprint density at radius 3 is 0.587 bits per heavy atom. The van der Waals surface area contributed by atoms with E-state index >= 15 is 19.2 Å². The van der Waals surface area contributed by atoms with Crippen molar-refractivity contribution in [1.82, 2.24) is 0 Å². The van der Waals surface area contributed by atoms with E-state index in [0.29, 0.717) is 130 Å². The Hall–Kier alpha value is -5.00. The third-order valence-electron chi connectivity index (χ3n) is 20.6. The minimum Gasteiger partial charge on any atom is -0.457 e. The van der Waals surface area contributed by atoms with Crippen LogP contribution in [0.25, 0.3) is 43.1 Å². The van der Waals surface area contributed by atoms with Crippen LogP contribution in [-0.2, 0) is 0 Å². The molecular weight excluding hydrogens is 1910 g/mol. The Labute approximate surface area is 823 Å². The van der Waals surface area contributed by atoms with Gasteiger partial charge >= 0.3 is 0 Å². The maximum Gasteiger partial charge on any atom is 0.266 e. The first-order chi connectivity index (χ1) is 57.2. The van der Waals surface area contributed by atoms with Gasteiger partial charge in [-0.25, -0.2) is 9.80 Å². The number of carbonyl (C=O) groups excluding carboxylic acids is 4. The number of fused-ring (bicyclic) bond motifs is 2. The Bertz CT molecular complexity index is 4780. The van der Waals surface area contributed by atoms with Crippen LogP contribution in [0.15, 0.2) is 158 Å². The van der Waals surface area contributed by atoms with Crippen molar-refractivity contribution in [1.29, 1.82) is 0 Å². The Balaban J connectivity index is 0.00000352. The van der Waals surface area contributed by atoms with E-state index in [1.165, 1.54) is 9.80 Å². The Morgan fingerprint density at radius 2 is 0.429 bits per heavy atom. The molecule has 0 saturated heterocycles. The van der Waals surface area contributed by atoms with Gasteiger partial charge in [-0.05, 0) is 141 Å². The standard InChI is InChI=1S/C92H106N10O8S8.8ClH/c1-51(2)63-11-9-12-64(52(3)4)83(63)101-85(103)67-47-71(107-59-23-15-55(16-24-59)89(111-39-31-93)112-40-32-94)77-79-73(109-61-27-19-57(20-28-61)91(115-43-35-97)116-44-36-98)49-69-76-70(88(106)102(87(69)105)84-65(53(5)6)13-10-14-66(84)54(7)8)50-74(110-62-29-21-58(22-30-62)92(117-45-37-99)118-46-38-100)80(82(76)79)78-72(48-68(86(101)104)75(67)81(77)78)108-60-25-17-56(18-26-60)90(113-41-33-95)114-42-34-96;;;;;;;;/h9-30,47-54,89-92H,31-46,93-100H2,1-8H3;8*1H. The molecule has 0 spiro atoms. The normalized spacial score (nSPS) is 12.3. The van der Waals surface area contributed by atoms with Gasteiger partial charge in [-0.15, -0.1) is 193 Å². The van der Waals surface area contributed by atoms with Gasteiger partial charge in [0.1, 0.15) is 46.0 Å². The molecule has 684 valence electrons. The molecule has 126 heavy (non-hydrogen) atoms. The van der Waals surface area contributed by atoms with Crippen LogP contribution < -0.4 is 74.6 Å². The summed E-state index contributed by atoms with van der Waals surface area (Å²) in [5.74, 6) is 5.31. The van der Waals surface area contributed by atoms with Crippen molar-refractivity contribution >= 4 is 271 Å². The van der Waals surface area contributed by atoms with Crippen LogP contribution in [0, 0.1) is 0 Å². The smallest absolute Gasteiger partial charge is 0.266 e. The maximum absolute atomic E-state index is 16.9. The molecule has 0 aliphatic carbocycles. The average Bonchev–Trinajstić information content (AvgIpc) is 0.668. The molecule has 4 amide bonds. The number of thioether (sulfide) groups is 8. The zero-order valence-corrected chi connectivity index (χ0v) is 84.3. The molecule has 2 aliphatic rings. The minimum atomic E-state index is -0.580. The number of nitrogens with two attached hydrogens (primary N) is 8. The van der Waals surface area contributed by atoms with Crippen LogP contribution >= 0.6 is 193 Å². The predicted molar refractivity (Wildman–Crippen MR) is 566 cm³/mol. The summed E-state index contributed by atoms with van der Waals surface area (Å²) >= 11 is 13.9. The molecule has 0 aromatic heterocycles. The summed E-state index contributed by atoms with van der Waals surface area (Å²) < 4.78 is 30.4. The van der Waals surface area contributed by atoms with E-state index in [1.54, 1.807) is 118 Å². The fraction of sp³-hybridized carbons (Fsp3) is 0.348. The number of hydrogen-bond acceptors (Lipinski definition) is 24. The summed E-state index contributed by atoms with van der Waals surface area (Å²) in [5.41, 5.74) is 58.1. The van der Waals surface area contributed by atoms with Gasteiger partial charge in [0, 0.05) is 141 Å². The number of nitrogens with zero attached hydrogens (tertiary/aromatic N) is 2. The Kier molecular flexibility index (Phi) is 45.9. The molecule has 2 aliphatic heterocycles. The summed E-state index contributed by atoms with van der Waals surface area (Å²) in [6.07, 6.45) is 0. The van der Waals surface area contributed by atoms with E-state index in [2.05, 4.69) is 55.4 Å². The fourth-order valence-corrected chi connectivity index (χ4v) is 24.9. The van der Waals surface area contributed by atoms with Gasteiger partial charge in [0.2, 0.25) is 0 Å². The highest BCUT2D eigenvalue weighted by molar-refractivity contribution is 8.17. The van der Waals surface area contributed by atoms with Gasteiger partial charge in [0.05, 0.1) is 52.0 Å². The highest BCUT2D eigenvalue weighted by Gasteiger charge is 2.45. The largest absolute Gasteiger partial charge is 0.457 e. The molecular formula is C92H114Cl8N10O8S8. The second-order valence-corrected chi connectivity index (χ2v) is 41.0. The van der Waals surface area contributed by atoms with Crippen molar-refractivity contribution in [2.45, 2.75) is 97.4 Å². The second-order valence-electron chi connectivity index (χ2n) is 30.1. The lowest BCUT2D eigenvalue weighted by Gasteiger charge is -2.35. The number of anilines is 2. The van der Waals surface area contributed by atoms with E-state index in [1.807, 2.05) is 133 Å². The molecule has 0 saturated carbocycles. The van der Waals surface area contributed by atoms with E-state index in [0.717, 1.165) is 90.5 Å². The minimum absolute atomic E-state index is 0. The molecule has 11 aromatic rings. The lowest BCUT2D eigenvalue weighted by atomic mass is 9.80. The summed E-state index contributed by atoms with van der Waals surface area (Å²) in [6.45, 7) is 20.4. The number of imide groups is 2. The fourth-order valence-electron chi connectivity index (χ4n) is 15.4. The van der Waals surface area contributed by atoms with Crippen molar-refractivity contribution in [2.24, 2.45) is 45.9 Å². The number of benzene rings is 11. The number of rotatable bonds is 42. The van der Waals surface area contributed by atoms with Gasteiger partial charge < -0.3 is 64.8 Å². The molecule has 0 fully saturated rings. The summed E-state index contributed by atoms with van der Waals surface area (Å²) in [5, 5.41) is 2.91. The van der Waals surface area contributed by atoms with Crippen LogP contribution in [0.1, 0.15) is 183 Å². The molecule has 0 atom stereocenters. The average molecular weight is 2030 g/mol. The van der Waals surface area contributed by atoms with E-state index < -0.39 is 23.6 Å². The van der Waals surface area contributed by atoms with Crippen LogP contribution in [0.2, 0.25) is 0 Å². The summed E-state index contributed by atoms with van der Waals surface area (Å²) in [6, 6.07) is 50.5. The first-order valence-corrected chi connectivity index (χ1v) is 48.7. The van der Waals surface area contributed by atoms with E-state index in [-0.39, 0.29) is 187 Å². The number of para-hydroxylation sites is 2. The predicted octanol–water partition coefficient (Wildman–Crippen LogP) is 23.9. The van der Waals surface area contributed by atoms with Crippen molar-refractivity contribution in [3.8, 4) is 46.0 Å². The third-order valence-corrected chi connectivity index (χ3v) is 32.3. The quantitative estimate of drug-likeness (QED) is 0.00763. The highest BCUT2D eigenvalue weighted by Crippen LogP contribution is 2.60. The molecule has 34 heteroatoms. The highest BCUT2D eigenvalue weighted by atomic mass is 35.5. The first-order valence-electron chi connectivity index (χ1n) is 40.3. The van der Waals surface area contributed by atoms with Crippen molar-refractivity contribution in [3.05, 3.63) is 224 Å². The molecule has 0 unspecified atom stereocenters. The number of halogens is 8. The van der Waals surface area contributed by atoms with Gasteiger partial charge in [-0.1, -0.05) is 140 Å². The number of amides is 4. The summed E-state index contributed by atoms with van der Waals surface area (Å²) in [7, 11) is 0. The van der Waals surface area contributed by atoms with E-state index in [4.69, 9.17) is 64.8 Å². The van der Waals surface area contributed by atoms with Gasteiger partial charge in [0.15, 0.2) is 0 Å². The molecule has 2 heterocycles. The lowest BCUT2D eigenvalue weighted by molar-refractivity contribution is 0.0877. The van der Waals surface area contributed by atoms with Crippen LogP contribution in [0.4, 0.5) is 11.4 Å². The SMILES string of the molecule is CC(C)c1cccc(C(C)C)c1N1C(=O)c2cc(Oc3ccc(C(SCCN)SCCN)cc3)c3c4c(Oc5ccc(C(SCCN)SCCN)cc5)cc5c6c(cc(Oc7ccc(C(SCCN)SCCN)cc7)c(c7c(Oc8ccc(C(SCCN)SCCN)cc8)cc(c2c37)C1=O)c64)C(=O)N(c1c(C(C)C)cccc1C(C)C)C5=O.Cl.Cl.Cl.Cl.Cl.Cl.Cl.Cl. The second kappa shape index (κ2) is 51.9. The van der Waals surface area contributed by atoms with Crippen molar-refractivity contribution in [2.75, 3.05) is 108 Å². The first kappa shape index (κ1) is 112. The van der Waals surface area contributed by atoms with Crippen LogP contribution in [0.3, 0.4) is 0 Å². The van der Waals surface area contributed by atoms with Crippen LogP contribution in [-0.4, -0.2) is 122 Å². The zero-order valence-electron chi connectivity index (χ0n) is 71.3. The lowest BCUT2D eigenvalue weighted by Crippen LogP contribution is -2.42. The molecule has 11 aromatic carbocycles.